The Morgan fingerprint density at radius 2 is 1.79 bits per heavy atom. The predicted molar refractivity (Wildman–Crippen MR) is 90.7 cm³/mol. The molecule has 0 aliphatic heterocycles. The SMILES string of the molecule is Cc1ccc([N+](=O)[O-])cc1NC(=O)c1ccccc1NS(C)(=O)=O. The van der Waals surface area contributed by atoms with E-state index in [0.717, 1.165) is 6.26 Å². The van der Waals surface area contributed by atoms with Crippen LogP contribution in [0.15, 0.2) is 42.5 Å². The van der Waals surface area contributed by atoms with Gasteiger partial charge < -0.3 is 5.32 Å². The molecule has 0 aliphatic rings. The van der Waals surface area contributed by atoms with Crippen LogP contribution in [0.1, 0.15) is 15.9 Å². The number of nitro groups is 1. The van der Waals surface area contributed by atoms with Gasteiger partial charge in [-0.1, -0.05) is 18.2 Å². The lowest BCUT2D eigenvalue weighted by atomic mass is 10.1. The molecule has 126 valence electrons. The number of amides is 1. The van der Waals surface area contributed by atoms with Gasteiger partial charge in [-0.15, -0.1) is 0 Å². The second-order valence-electron chi connectivity index (χ2n) is 5.13. The van der Waals surface area contributed by atoms with Crippen molar-refractivity contribution in [3.8, 4) is 0 Å². The first-order valence-corrected chi connectivity index (χ1v) is 8.70. The third-order valence-electron chi connectivity index (χ3n) is 3.15. The van der Waals surface area contributed by atoms with E-state index in [9.17, 15) is 23.3 Å². The maximum Gasteiger partial charge on any atom is 0.271 e. The number of carbonyl (C=O) groups is 1. The van der Waals surface area contributed by atoms with E-state index in [1.54, 1.807) is 19.1 Å². The normalized spacial score (nSPS) is 10.9. The molecule has 8 nitrogen and oxygen atoms in total. The molecular weight excluding hydrogens is 334 g/mol. The summed E-state index contributed by atoms with van der Waals surface area (Å²) in [5.41, 5.74) is 0.999. The van der Waals surface area contributed by atoms with Gasteiger partial charge in [-0.25, -0.2) is 8.42 Å². The number of benzene rings is 2. The van der Waals surface area contributed by atoms with Crippen LogP contribution in [0.3, 0.4) is 0 Å². The molecule has 0 unspecified atom stereocenters. The minimum Gasteiger partial charge on any atom is -0.321 e. The second-order valence-corrected chi connectivity index (χ2v) is 6.88. The Morgan fingerprint density at radius 3 is 2.42 bits per heavy atom. The molecule has 0 saturated carbocycles. The predicted octanol–water partition coefficient (Wildman–Crippen LogP) is 2.53. The highest BCUT2D eigenvalue weighted by Crippen LogP contribution is 2.24. The van der Waals surface area contributed by atoms with Crippen molar-refractivity contribution in [3.63, 3.8) is 0 Å². The number of sulfonamides is 1. The fraction of sp³-hybridized carbons (Fsp3) is 0.133. The standard InChI is InChI=1S/C15H15N3O5S/c1-10-7-8-11(18(20)21)9-14(10)16-15(19)12-5-3-4-6-13(12)17-24(2,22)23/h3-9,17H,1-2H3,(H,16,19). The van der Waals surface area contributed by atoms with Crippen LogP contribution in [0.4, 0.5) is 17.1 Å². The molecule has 2 N–H and O–H groups in total. The molecule has 0 spiro atoms. The average molecular weight is 349 g/mol. The number of nitro benzene ring substituents is 1. The molecule has 0 bridgehead atoms. The first-order chi connectivity index (χ1) is 11.2. The van der Waals surface area contributed by atoms with Crippen molar-refractivity contribution in [2.75, 3.05) is 16.3 Å². The largest absolute Gasteiger partial charge is 0.321 e. The zero-order chi connectivity index (χ0) is 17.9. The summed E-state index contributed by atoms with van der Waals surface area (Å²) in [4.78, 5) is 22.7. The molecule has 0 atom stereocenters. The molecule has 0 aromatic heterocycles. The van der Waals surface area contributed by atoms with Crippen LogP contribution >= 0.6 is 0 Å². The zero-order valence-corrected chi connectivity index (χ0v) is 13.8. The monoisotopic (exact) mass is 349 g/mol. The molecule has 0 radical (unpaired) electrons. The fourth-order valence-corrected chi connectivity index (χ4v) is 2.60. The molecule has 0 heterocycles. The third-order valence-corrected chi connectivity index (χ3v) is 3.74. The van der Waals surface area contributed by atoms with Crippen LogP contribution < -0.4 is 10.0 Å². The number of aryl methyl sites for hydroxylation is 1. The van der Waals surface area contributed by atoms with Gasteiger partial charge in [-0.2, -0.15) is 0 Å². The van der Waals surface area contributed by atoms with Gasteiger partial charge in [0.25, 0.3) is 11.6 Å². The van der Waals surface area contributed by atoms with E-state index in [0.29, 0.717) is 5.56 Å². The maximum absolute atomic E-state index is 12.4. The lowest BCUT2D eigenvalue weighted by molar-refractivity contribution is -0.384. The minimum absolute atomic E-state index is 0.105. The summed E-state index contributed by atoms with van der Waals surface area (Å²) in [6.07, 6.45) is 0.979. The Hall–Kier alpha value is -2.94. The van der Waals surface area contributed by atoms with Crippen molar-refractivity contribution in [2.45, 2.75) is 6.92 Å². The summed E-state index contributed by atoms with van der Waals surface area (Å²) >= 11 is 0. The summed E-state index contributed by atoms with van der Waals surface area (Å²) in [5.74, 6) is -0.578. The number of hydrogen-bond acceptors (Lipinski definition) is 5. The molecule has 9 heteroatoms. The number of non-ortho nitro benzene ring substituents is 1. The maximum atomic E-state index is 12.4. The zero-order valence-electron chi connectivity index (χ0n) is 12.9. The van der Waals surface area contributed by atoms with Crippen LogP contribution in [0, 0.1) is 17.0 Å². The van der Waals surface area contributed by atoms with Crippen LogP contribution in [0.25, 0.3) is 0 Å². The van der Waals surface area contributed by atoms with Gasteiger partial charge in [0, 0.05) is 12.1 Å². The van der Waals surface area contributed by atoms with Crippen molar-refractivity contribution in [1.29, 1.82) is 0 Å². The summed E-state index contributed by atoms with van der Waals surface area (Å²) in [6, 6.07) is 10.2. The Bertz CT molecular complexity index is 909. The highest BCUT2D eigenvalue weighted by molar-refractivity contribution is 7.92. The van der Waals surface area contributed by atoms with Crippen molar-refractivity contribution in [1.82, 2.24) is 0 Å². The van der Waals surface area contributed by atoms with Gasteiger partial charge in [-0.05, 0) is 24.6 Å². The van der Waals surface area contributed by atoms with Gasteiger partial charge >= 0.3 is 0 Å². The van der Waals surface area contributed by atoms with E-state index in [-0.39, 0.29) is 22.6 Å². The van der Waals surface area contributed by atoms with Gasteiger partial charge in [0.2, 0.25) is 10.0 Å². The van der Waals surface area contributed by atoms with E-state index < -0.39 is 20.9 Å². The molecule has 0 saturated heterocycles. The van der Waals surface area contributed by atoms with Crippen LogP contribution in [-0.4, -0.2) is 25.5 Å². The number of rotatable bonds is 5. The van der Waals surface area contributed by atoms with E-state index in [1.165, 1.54) is 30.3 Å². The Morgan fingerprint density at radius 1 is 1.12 bits per heavy atom. The van der Waals surface area contributed by atoms with Gasteiger partial charge in [0.05, 0.1) is 28.1 Å². The number of nitrogens with one attached hydrogen (secondary N) is 2. The summed E-state index contributed by atoms with van der Waals surface area (Å²) in [5, 5.41) is 13.4. The molecule has 2 rings (SSSR count). The first kappa shape index (κ1) is 17.4. The lowest BCUT2D eigenvalue weighted by Gasteiger charge is -2.12. The number of hydrogen-bond donors (Lipinski definition) is 2. The van der Waals surface area contributed by atoms with Crippen LogP contribution in [0.2, 0.25) is 0 Å². The third kappa shape index (κ3) is 4.29. The molecule has 0 fully saturated rings. The minimum atomic E-state index is -3.55. The highest BCUT2D eigenvalue weighted by Gasteiger charge is 2.16. The number of anilines is 2. The van der Waals surface area contributed by atoms with Crippen molar-refractivity contribution >= 4 is 33.0 Å². The van der Waals surface area contributed by atoms with Crippen molar-refractivity contribution < 1.29 is 18.1 Å². The van der Waals surface area contributed by atoms with Gasteiger partial charge in [-0.3, -0.25) is 19.6 Å². The van der Waals surface area contributed by atoms with E-state index in [4.69, 9.17) is 0 Å². The van der Waals surface area contributed by atoms with E-state index in [2.05, 4.69) is 10.0 Å². The molecular formula is C15H15N3O5S. The first-order valence-electron chi connectivity index (χ1n) is 6.80. The number of carbonyl (C=O) groups excluding carboxylic acids is 1. The summed E-state index contributed by atoms with van der Waals surface area (Å²) in [7, 11) is -3.55. The van der Waals surface area contributed by atoms with E-state index in [1.807, 2.05) is 0 Å². The van der Waals surface area contributed by atoms with Crippen LogP contribution in [-0.2, 0) is 10.0 Å². The van der Waals surface area contributed by atoms with Crippen LogP contribution in [0.5, 0.6) is 0 Å². The fourth-order valence-electron chi connectivity index (χ4n) is 2.02. The molecule has 24 heavy (non-hydrogen) atoms. The summed E-state index contributed by atoms with van der Waals surface area (Å²) < 4.78 is 25.0. The highest BCUT2D eigenvalue weighted by atomic mass is 32.2. The number of para-hydroxylation sites is 1. The van der Waals surface area contributed by atoms with E-state index >= 15 is 0 Å². The Kier molecular flexibility index (Phi) is 4.84. The molecule has 0 aliphatic carbocycles. The molecule has 2 aromatic carbocycles. The van der Waals surface area contributed by atoms with Gasteiger partial charge in [0.15, 0.2) is 0 Å². The smallest absolute Gasteiger partial charge is 0.271 e. The van der Waals surface area contributed by atoms with Gasteiger partial charge in [0.1, 0.15) is 0 Å². The second kappa shape index (κ2) is 6.67. The summed E-state index contributed by atoms with van der Waals surface area (Å²) in [6.45, 7) is 1.69. The Balaban J connectivity index is 2.34. The topological polar surface area (TPSA) is 118 Å². The number of nitrogens with zero attached hydrogens (tertiary/aromatic N) is 1. The average Bonchev–Trinajstić information content (AvgIpc) is 2.48. The molecule has 1 amide bonds. The molecule has 2 aromatic rings. The lowest BCUT2D eigenvalue weighted by Crippen LogP contribution is -2.18. The van der Waals surface area contributed by atoms with Crippen molar-refractivity contribution in [2.24, 2.45) is 0 Å². The van der Waals surface area contributed by atoms with Crippen molar-refractivity contribution in [3.05, 3.63) is 63.7 Å². The Labute approximate surface area is 138 Å². The quantitative estimate of drug-likeness (QED) is 0.635.